The summed E-state index contributed by atoms with van der Waals surface area (Å²) in [6.45, 7) is 0.285. The summed E-state index contributed by atoms with van der Waals surface area (Å²) in [4.78, 5) is 17.4. The maximum atomic E-state index is 13.1. The number of hydrogen-bond acceptors (Lipinski definition) is 5. The molecule has 0 saturated carbocycles. The van der Waals surface area contributed by atoms with Crippen LogP contribution in [-0.4, -0.2) is 46.4 Å². The first-order valence-electron chi connectivity index (χ1n) is 10.6. The molecule has 0 spiro atoms. The Hall–Kier alpha value is -3.12. The predicted molar refractivity (Wildman–Crippen MR) is 127 cm³/mol. The van der Waals surface area contributed by atoms with Gasteiger partial charge >= 0.3 is 11.9 Å². The minimum Gasteiger partial charge on any atom is -0.385 e. The molecule has 0 bridgehead atoms. The second-order valence-electron chi connectivity index (χ2n) is 8.05. The topological polar surface area (TPSA) is 98.1 Å². The minimum absolute atomic E-state index is 0.129. The van der Waals surface area contributed by atoms with Gasteiger partial charge in [-0.1, -0.05) is 41.4 Å². The van der Waals surface area contributed by atoms with E-state index in [2.05, 4.69) is 10.1 Å². The van der Waals surface area contributed by atoms with E-state index in [1.54, 1.807) is 36.4 Å². The molecule has 4 aromatic rings. The Kier molecular flexibility index (Phi) is 7.28. The van der Waals surface area contributed by atoms with Gasteiger partial charge in [-0.15, -0.1) is 5.10 Å². The molecule has 0 aliphatic heterocycles. The molecule has 0 aliphatic rings. The molecule has 190 valence electrons. The van der Waals surface area contributed by atoms with E-state index in [4.69, 9.17) is 23.2 Å². The van der Waals surface area contributed by atoms with Crippen LogP contribution in [0.1, 0.15) is 24.7 Å². The number of rotatable bonds is 7. The highest BCUT2D eigenvalue weighted by Crippen LogP contribution is 2.26. The highest BCUT2D eigenvalue weighted by molar-refractivity contribution is 6.31. The third-order valence-corrected chi connectivity index (χ3v) is 5.82. The number of aliphatic hydroxyl groups is 2. The van der Waals surface area contributed by atoms with E-state index in [-0.39, 0.29) is 23.9 Å². The van der Waals surface area contributed by atoms with Gasteiger partial charge < -0.3 is 10.2 Å². The van der Waals surface area contributed by atoms with E-state index < -0.39 is 30.6 Å². The Morgan fingerprint density at radius 3 is 2.36 bits per heavy atom. The summed E-state index contributed by atoms with van der Waals surface area (Å²) in [6.07, 6.45) is -7.32. The van der Waals surface area contributed by atoms with Crippen LogP contribution < -0.4 is 5.69 Å². The van der Waals surface area contributed by atoms with E-state index in [1.807, 2.05) is 0 Å². The number of aliphatic hydroxyl groups excluding tert-OH is 2. The molecule has 36 heavy (non-hydrogen) atoms. The van der Waals surface area contributed by atoms with Crippen molar-refractivity contribution in [2.24, 2.45) is 0 Å². The fourth-order valence-electron chi connectivity index (χ4n) is 3.60. The van der Waals surface area contributed by atoms with Crippen molar-refractivity contribution in [1.82, 2.24) is 23.9 Å². The third-order valence-electron chi connectivity index (χ3n) is 5.33. The van der Waals surface area contributed by atoms with Gasteiger partial charge in [-0.2, -0.15) is 13.2 Å². The van der Waals surface area contributed by atoms with Gasteiger partial charge in [-0.25, -0.2) is 14.5 Å². The zero-order chi connectivity index (χ0) is 26.2. The summed E-state index contributed by atoms with van der Waals surface area (Å²) in [6, 6.07) is 12.9. The number of halogens is 5. The highest BCUT2D eigenvalue weighted by atomic mass is 35.5. The molecule has 0 saturated heterocycles. The smallest absolute Gasteiger partial charge is 0.385 e. The molecule has 0 amide bonds. The summed E-state index contributed by atoms with van der Waals surface area (Å²) < 4.78 is 42.6. The van der Waals surface area contributed by atoms with E-state index in [0.717, 1.165) is 9.13 Å². The maximum absolute atomic E-state index is 13.1. The number of benzene rings is 2. The number of hydrogen-bond donors (Lipinski definition) is 2. The Morgan fingerprint density at radius 2 is 1.75 bits per heavy atom. The fourth-order valence-corrected chi connectivity index (χ4v) is 3.91. The quantitative estimate of drug-likeness (QED) is 0.365. The lowest BCUT2D eigenvalue weighted by atomic mass is 10.1. The van der Waals surface area contributed by atoms with Crippen LogP contribution >= 0.6 is 23.2 Å². The van der Waals surface area contributed by atoms with Gasteiger partial charge in [-0.3, -0.25) is 9.13 Å². The van der Waals surface area contributed by atoms with Crippen LogP contribution in [0.2, 0.25) is 10.0 Å². The molecule has 0 fully saturated rings. The van der Waals surface area contributed by atoms with Crippen molar-refractivity contribution in [3.8, 4) is 16.9 Å². The lowest BCUT2D eigenvalue weighted by Crippen LogP contribution is -2.37. The van der Waals surface area contributed by atoms with Crippen molar-refractivity contribution in [2.75, 3.05) is 0 Å². The lowest BCUT2D eigenvalue weighted by molar-refractivity contribution is -0.207. The minimum atomic E-state index is -4.91. The van der Waals surface area contributed by atoms with Crippen LogP contribution in [0.15, 0.2) is 59.5 Å². The van der Waals surface area contributed by atoms with Gasteiger partial charge in [-0.05, 0) is 42.8 Å². The zero-order valence-electron chi connectivity index (χ0n) is 18.7. The highest BCUT2D eigenvalue weighted by Gasteiger charge is 2.39. The van der Waals surface area contributed by atoms with Gasteiger partial charge in [0, 0.05) is 16.2 Å². The van der Waals surface area contributed by atoms with E-state index >= 15 is 0 Å². The number of aromatic nitrogens is 5. The second-order valence-corrected chi connectivity index (χ2v) is 8.93. The molecule has 2 aromatic carbocycles. The van der Waals surface area contributed by atoms with E-state index in [0.29, 0.717) is 21.3 Å². The predicted octanol–water partition coefficient (Wildman–Crippen LogP) is 4.23. The van der Waals surface area contributed by atoms with Crippen LogP contribution in [0.25, 0.3) is 16.9 Å². The van der Waals surface area contributed by atoms with Crippen LogP contribution in [-0.2, 0) is 13.1 Å². The second kappa shape index (κ2) is 10.1. The number of nitrogens with zero attached hydrogens (tertiary/aromatic N) is 5. The summed E-state index contributed by atoms with van der Waals surface area (Å²) in [5, 5.41) is 25.1. The molecule has 0 radical (unpaired) electrons. The Labute approximate surface area is 212 Å². The molecule has 2 aromatic heterocycles. The molecular weight excluding hydrogens is 522 g/mol. The van der Waals surface area contributed by atoms with E-state index in [9.17, 15) is 28.2 Å². The van der Waals surface area contributed by atoms with Crippen LogP contribution in [0.4, 0.5) is 13.2 Å². The van der Waals surface area contributed by atoms with Gasteiger partial charge in [0.2, 0.25) is 0 Å². The van der Waals surface area contributed by atoms with Gasteiger partial charge in [0.05, 0.1) is 24.5 Å². The molecule has 0 unspecified atom stereocenters. The van der Waals surface area contributed by atoms with Crippen molar-refractivity contribution in [3.05, 3.63) is 86.9 Å². The van der Waals surface area contributed by atoms with Crippen molar-refractivity contribution in [1.29, 1.82) is 0 Å². The summed E-state index contributed by atoms with van der Waals surface area (Å²) >= 11 is 12.0. The summed E-state index contributed by atoms with van der Waals surface area (Å²) in [7, 11) is 0. The van der Waals surface area contributed by atoms with Crippen molar-refractivity contribution in [2.45, 2.75) is 38.4 Å². The summed E-state index contributed by atoms with van der Waals surface area (Å²) in [5.41, 5.74) is 0.287. The Balaban J connectivity index is 1.77. The van der Waals surface area contributed by atoms with Crippen molar-refractivity contribution in [3.63, 3.8) is 0 Å². The molecule has 0 aliphatic carbocycles. The summed E-state index contributed by atoms with van der Waals surface area (Å²) in [5.74, 6) is 0.314. The normalized spacial score (nSPS) is 13.7. The molecule has 2 heterocycles. The molecule has 2 N–H and O–H groups in total. The van der Waals surface area contributed by atoms with Crippen LogP contribution in [0, 0.1) is 0 Å². The SMILES string of the molecule is C[C@H](O)c1nc(Cn2cc(-c3ccc(Cl)cc3)n(C[C@H](O)C(F)(F)F)c2=O)nn1-c1cccc(Cl)c1. The number of alkyl halides is 3. The first-order valence-corrected chi connectivity index (χ1v) is 11.4. The lowest BCUT2D eigenvalue weighted by Gasteiger charge is -2.16. The van der Waals surface area contributed by atoms with Crippen molar-refractivity contribution < 1.29 is 23.4 Å². The monoisotopic (exact) mass is 541 g/mol. The Bertz CT molecular complexity index is 1430. The Morgan fingerprint density at radius 1 is 1.06 bits per heavy atom. The molecule has 4 rings (SSSR count). The molecular formula is C23H20Cl2F3N5O3. The number of imidazole rings is 1. The van der Waals surface area contributed by atoms with Crippen molar-refractivity contribution >= 4 is 23.2 Å². The first kappa shape index (κ1) is 26.0. The molecule has 13 heteroatoms. The zero-order valence-corrected chi connectivity index (χ0v) is 20.2. The molecule has 2 atom stereocenters. The van der Waals surface area contributed by atoms with Crippen LogP contribution in [0.3, 0.4) is 0 Å². The average Bonchev–Trinajstić information content (AvgIpc) is 3.36. The van der Waals surface area contributed by atoms with Gasteiger partial charge in [0.15, 0.2) is 17.8 Å². The fraction of sp³-hybridized carbons (Fsp3) is 0.261. The van der Waals surface area contributed by atoms with E-state index in [1.165, 1.54) is 29.9 Å². The largest absolute Gasteiger partial charge is 0.416 e. The third kappa shape index (κ3) is 5.49. The average molecular weight is 542 g/mol. The first-order chi connectivity index (χ1) is 16.9. The standard InChI is InChI=1S/C23H20Cl2F3N5O3/c1-13(34)21-29-20(30-33(21)17-4-2-3-16(25)9-17)12-31-10-18(14-5-7-15(24)8-6-14)32(22(31)36)11-19(35)23(26,27)28/h2-10,13,19,34-35H,11-12H2,1H3/t13-,19-/m0/s1. The molecule has 8 nitrogen and oxygen atoms in total. The van der Waals surface area contributed by atoms with Crippen LogP contribution in [0.5, 0.6) is 0 Å². The maximum Gasteiger partial charge on any atom is 0.416 e. The van der Waals surface area contributed by atoms with Gasteiger partial charge in [0.1, 0.15) is 6.10 Å². The van der Waals surface area contributed by atoms with Gasteiger partial charge in [0.25, 0.3) is 0 Å².